The average Bonchev–Trinajstić information content (AvgIpc) is 2.31. The van der Waals surface area contributed by atoms with Gasteiger partial charge in [0.1, 0.15) is 0 Å². The van der Waals surface area contributed by atoms with E-state index in [1.165, 1.54) is 6.20 Å². The Morgan fingerprint density at radius 3 is 3.18 bits per heavy atom. The van der Waals surface area contributed by atoms with E-state index in [4.69, 9.17) is 0 Å². The Labute approximate surface area is 63.1 Å². The van der Waals surface area contributed by atoms with Crippen molar-refractivity contribution in [2.24, 2.45) is 0 Å². The summed E-state index contributed by atoms with van der Waals surface area (Å²) in [6, 6.07) is 3.48. The number of imidazole rings is 1. The largest absolute Gasteiger partial charge is 0.711 e. The SMILES string of the molecule is Cc1nc2ccc[n+]([O-])c2[nH]1. The van der Waals surface area contributed by atoms with E-state index in [9.17, 15) is 5.21 Å². The lowest BCUT2D eigenvalue weighted by Crippen LogP contribution is -2.25. The van der Waals surface area contributed by atoms with Crippen LogP contribution in [0.15, 0.2) is 18.3 Å². The molecule has 0 saturated heterocycles. The maximum atomic E-state index is 11.0. The van der Waals surface area contributed by atoms with Gasteiger partial charge in [-0.1, -0.05) is 0 Å². The monoisotopic (exact) mass is 149 g/mol. The summed E-state index contributed by atoms with van der Waals surface area (Å²) in [5, 5.41) is 11.0. The molecule has 1 N–H and O–H groups in total. The number of aromatic nitrogens is 3. The second-order valence-corrected chi connectivity index (χ2v) is 2.39. The van der Waals surface area contributed by atoms with Gasteiger partial charge in [0.15, 0.2) is 11.3 Å². The first kappa shape index (κ1) is 6.15. The molecule has 2 aromatic rings. The molecule has 4 nitrogen and oxygen atoms in total. The molecule has 2 heterocycles. The van der Waals surface area contributed by atoms with Crippen LogP contribution in [0.3, 0.4) is 0 Å². The lowest BCUT2D eigenvalue weighted by atomic mass is 10.4. The van der Waals surface area contributed by atoms with Gasteiger partial charge in [-0.3, -0.25) is 0 Å². The van der Waals surface area contributed by atoms with Crippen LogP contribution < -0.4 is 4.73 Å². The van der Waals surface area contributed by atoms with Gasteiger partial charge in [0.25, 0.3) is 0 Å². The quantitative estimate of drug-likeness (QED) is 0.438. The van der Waals surface area contributed by atoms with Crippen molar-refractivity contribution in [2.75, 3.05) is 0 Å². The molecule has 0 bridgehead atoms. The van der Waals surface area contributed by atoms with Gasteiger partial charge in [-0.2, -0.15) is 0 Å². The Kier molecular flexibility index (Phi) is 1.09. The molecule has 0 amide bonds. The maximum absolute atomic E-state index is 11.0. The molecule has 0 aliphatic rings. The van der Waals surface area contributed by atoms with Gasteiger partial charge in [-0.25, -0.2) is 14.7 Å². The summed E-state index contributed by atoms with van der Waals surface area (Å²) < 4.78 is 0.773. The van der Waals surface area contributed by atoms with E-state index in [1.807, 2.05) is 6.92 Å². The number of pyridine rings is 1. The Morgan fingerprint density at radius 1 is 1.64 bits per heavy atom. The van der Waals surface area contributed by atoms with Crippen LogP contribution in [-0.4, -0.2) is 9.97 Å². The van der Waals surface area contributed by atoms with E-state index in [0.29, 0.717) is 11.2 Å². The molecule has 0 aliphatic heterocycles. The number of aromatic amines is 1. The summed E-state index contributed by atoms with van der Waals surface area (Å²) in [5.41, 5.74) is 1.23. The fraction of sp³-hybridized carbons (Fsp3) is 0.143. The summed E-state index contributed by atoms with van der Waals surface area (Å²) in [6.07, 6.45) is 1.44. The van der Waals surface area contributed by atoms with Crippen LogP contribution >= 0.6 is 0 Å². The summed E-state index contributed by atoms with van der Waals surface area (Å²) in [6.45, 7) is 1.82. The molecule has 2 aromatic heterocycles. The number of nitrogens with one attached hydrogen (secondary N) is 1. The van der Waals surface area contributed by atoms with Gasteiger partial charge in [0.2, 0.25) is 0 Å². The van der Waals surface area contributed by atoms with Crippen molar-refractivity contribution in [3.05, 3.63) is 29.4 Å². The van der Waals surface area contributed by atoms with Crippen molar-refractivity contribution in [1.29, 1.82) is 0 Å². The third kappa shape index (κ3) is 0.832. The standard InChI is InChI=1S/C7H7N3O/c1-5-8-6-3-2-4-10(11)7(6)9-5/h2-4H,1H3,(H,8,9). The Balaban J connectivity index is 2.90. The molecule has 4 heteroatoms. The molecular weight excluding hydrogens is 142 g/mol. The molecular formula is C7H7N3O. The van der Waals surface area contributed by atoms with Crippen LogP contribution in [0.1, 0.15) is 5.82 Å². The molecule has 0 saturated carbocycles. The van der Waals surface area contributed by atoms with E-state index in [-0.39, 0.29) is 0 Å². The fourth-order valence-electron chi connectivity index (χ4n) is 1.07. The zero-order valence-electron chi connectivity index (χ0n) is 6.03. The molecule has 0 radical (unpaired) electrons. The van der Waals surface area contributed by atoms with Gasteiger partial charge >= 0.3 is 5.65 Å². The Hall–Kier alpha value is -1.58. The molecule has 11 heavy (non-hydrogen) atoms. The van der Waals surface area contributed by atoms with E-state index < -0.39 is 0 Å². The van der Waals surface area contributed by atoms with Crippen LogP contribution in [0.4, 0.5) is 0 Å². The highest BCUT2D eigenvalue weighted by molar-refractivity contribution is 5.66. The minimum atomic E-state index is 0.519. The van der Waals surface area contributed by atoms with Crippen LogP contribution in [0.5, 0.6) is 0 Å². The summed E-state index contributed by atoms with van der Waals surface area (Å²) in [7, 11) is 0. The van der Waals surface area contributed by atoms with Crippen LogP contribution in [0.2, 0.25) is 0 Å². The third-order valence-corrected chi connectivity index (χ3v) is 1.53. The van der Waals surface area contributed by atoms with Gasteiger partial charge in [-0.15, -0.1) is 0 Å². The molecule has 0 fully saturated rings. The van der Waals surface area contributed by atoms with Crippen molar-refractivity contribution in [3.8, 4) is 0 Å². The predicted octanol–water partition coefficient (Wildman–Crippen LogP) is 0.505. The van der Waals surface area contributed by atoms with E-state index in [2.05, 4.69) is 9.97 Å². The zero-order valence-corrected chi connectivity index (χ0v) is 6.03. The second kappa shape index (κ2) is 1.95. The number of H-pyrrole nitrogens is 1. The van der Waals surface area contributed by atoms with E-state index in [0.717, 1.165) is 10.6 Å². The first-order valence-corrected chi connectivity index (χ1v) is 3.32. The van der Waals surface area contributed by atoms with Crippen molar-refractivity contribution in [2.45, 2.75) is 6.92 Å². The number of fused-ring (bicyclic) bond motifs is 1. The lowest BCUT2D eigenvalue weighted by molar-refractivity contribution is -0.579. The minimum Gasteiger partial charge on any atom is -0.711 e. The fourth-order valence-corrected chi connectivity index (χ4v) is 1.07. The van der Waals surface area contributed by atoms with Crippen molar-refractivity contribution >= 4 is 11.2 Å². The molecule has 0 spiro atoms. The summed E-state index contributed by atoms with van der Waals surface area (Å²) >= 11 is 0. The highest BCUT2D eigenvalue weighted by Gasteiger charge is 2.05. The minimum absolute atomic E-state index is 0.519. The Bertz CT molecular complexity index is 393. The molecule has 0 unspecified atom stereocenters. The smallest absolute Gasteiger partial charge is 0.309 e. The number of hydrogen-bond acceptors (Lipinski definition) is 2. The Morgan fingerprint density at radius 2 is 2.45 bits per heavy atom. The second-order valence-electron chi connectivity index (χ2n) is 2.39. The molecule has 56 valence electrons. The first-order chi connectivity index (χ1) is 5.27. The first-order valence-electron chi connectivity index (χ1n) is 3.32. The van der Waals surface area contributed by atoms with Gasteiger partial charge < -0.3 is 5.21 Å². The molecule has 2 rings (SSSR count). The maximum Gasteiger partial charge on any atom is 0.309 e. The third-order valence-electron chi connectivity index (χ3n) is 1.53. The van der Waals surface area contributed by atoms with Crippen molar-refractivity contribution < 1.29 is 4.73 Å². The number of aryl methyl sites for hydroxylation is 1. The van der Waals surface area contributed by atoms with E-state index in [1.54, 1.807) is 12.1 Å². The van der Waals surface area contributed by atoms with Gasteiger partial charge in [-0.05, 0) is 12.1 Å². The number of hydrogen-bond donors (Lipinski definition) is 1. The topological polar surface area (TPSA) is 55.6 Å². The summed E-state index contributed by atoms with van der Waals surface area (Å²) in [4.78, 5) is 6.96. The molecule has 0 aromatic carbocycles. The predicted molar refractivity (Wildman–Crippen MR) is 39.8 cm³/mol. The van der Waals surface area contributed by atoms with E-state index >= 15 is 0 Å². The van der Waals surface area contributed by atoms with Crippen LogP contribution in [0.25, 0.3) is 11.2 Å². The normalized spacial score (nSPS) is 10.6. The summed E-state index contributed by atoms with van der Waals surface area (Å²) in [5.74, 6) is 0.760. The highest BCUT2D eigenvalue weighted by atomic mass is 16.5. The number of rotatable bonds is 0. The zero-order chi connectivity index (χ0) is 7.84. The van der Waals surface area contributed by atoms with Crippen LogP contribution in [0, 0.1) is 12.1 Å². The average molecular weight is 149 g/mol. The van der Waals surface area contributed by atoms with Crippen LogP contribution in [-0.2, 0) is 0 Å². The highest BCUT2D eigenvalue weighted by Crippen LogP contribution is 2.03. The van der Waals surface area contributed by atoms with Gasteiger partial charge in [0, 0.05) is 6.92 Å². The number of nitrogens with zero attached hydrogens (tertiary/aromatic N) is 2. The van der Waals surface area contributed by atoms with Gasteiger partial charge in [0.05, 0.1) is 6.20 Å². The lowest BCUT2D eigenvalue weighted by Gasteiger charge is -1.98. The molecule has 0 atom stereocenters. The van der Waals surface area contributed by atoms with Crippen molar-refractivity contribution in [3.63, 3.8) is 0 Å². The van der Waals surface area contributed by atoms with Crippen molar-refractivity contribution in [1.82, 2.24) is 9.97 Å². The molecule has 0 aliphatic carbocycles.